The second-order valence-electron chi connectivity index (χ2n) is 7.90. The van der Waals surface area contributed by atoms with E-state index in [0.29, 0.717) is 15.8 Å². The van der Waals surface area contributed by atoms with Crippen LogP contribution in [0.25, 0.3) is 0 Å². The molecule has 1 heterocycles. The fourth-order valence-corrected chi connectivity index (χ4v) is 4.73. The predicted octanol–water partition coefficient (Wildman–Crippen LogP) is 6.29. The monoisotopic (exact) mass is 456 g/mol. The Balaban J connectivity index is 1.49. The number of carbonyl (C=O) groups excluding carboxylic acids is 2. The van der Waals surface area contributed by atoms with Gasteiger partial charge in [0.2, 0.25) is 0 Å². The van der Waals surface area contributed by atoms with E-state index in [1.807, 2.05) is 13.8 Å². The largest absolute Gasteiger partial charge is 0.344 e. The number of benzene rings is 2. The van der Waals surface area contributed by atoms with E-state index in [-0.39, 0.29) is 22.5 Å². The Labute approximate surface area is 189 Å². The van der Waals surface area contributed by atoms with E-state index in [0.717, 1.165) is 30.0 Å². The maximum atomic E-state index is 13.2. The fourth-order valence-electron chi connectivity index (χ4n) is 3.51. The van der Waals surface area contributed by atoms with Gasteiger partial charge in [-0.3, -0.25) is 9.59 Å². The highest BCUT2D eigenvalue weighted by atomic mass is 35.5. The molecule has 0 spiro atoms. The summed E-state index contributed by atoms with van der Waals surface area (Å²) in [6.45, 7) is 3.88. The Kier molecular flexibility index (Phi) is 6.12. The molecule has 1 aliphatic carbocycles. The van der Waals surface area contributed by atoms with Crippen molar-refractivity contribution < 1.29 is 14.0 Å². The molecule has 2 amide bonds. The Bertz CT molecular complexity index is 1140. The van der Waals surface area contributed by atoms with Crippen molar-refractivity contribution in [3.8, 4) is 0 Å². The highest BCUT2D eigenvalue weighted by Crippen LogP contribution is 2.41. The summed E-state index contributed by atoms with van der Waals surface area (Å²) in [6, 6.07) is 13.6. The smallest absolute Gasteiger partial charge is 0.262 e. The van der Waals surface area contributed by atoms with Gasteiger partial charge >= 0.3 is 0 Å². The van der Waals surface area contributed by atoms with Gasteiger partial charge in [0, 0.05) is 0 Å². The number of hydrogen-bond acceptors (Lipinski definition) is 3. The molecule has 0 saturated heterocycles. The lowest BCUT2D eigenvalue weighted by Gasteiger charge is -2.19. The minimum absolute atomic E-state index is 0.0225. The lowest BCUT2D eigenvalue weighted by Crippen LogP contribution is -2.29. The molecule has 160 valence electrons. The molecule has 4 rings (SSSR count). The Morgan fingerprint density at radius 2 is 1.77 bits per heavy atom. The third-order valence-corrected chi connectivity index (χ3v) is 6.82. The van der Waals surface area contributed by atoms with Gasteiger partial charge in [-0.05, 0) is 68.0 Å². The molecule has 2 N–H and O–H groups in total. The summed E-state index contributed by atoms with van der Waals surface area (Å²) in [5.41, 5.74) is 3.24. The first kappa shape index (κ1) is 21.5. The van der Waals surface area contributed by atoms with E-state index in [2.05, 4.69) is 34.9 Å². The highest BCUT2D eigenvalue weighted by molar-refractivity contribution is 7.18. The van der Waals surface area contributed by atoms with Crippen LogP contribution in [0.2, 0.25) is 5.02 Å². The van der Waals surface area contributed by atoms with Crippen LogP contribution in [0.15, 0.2) is 48.5 Å². The van der Waals surface area contributed by atoms with Crippen molar-refractivity contribution in [2.75, 3.05) is 5.32 Å². The number of anilines is 1. The lowest BCUT2D eigenvalue weighted by molar-refractivity contribution is 0.0934. The van der Waals surface area contributed by atoms with Crippen molar-refractivity contribution in [1.82, 2.24) is 5.32 Å². The number of hydrogen-bond donors (Lipinski definition) is 2. The summed E-state index contributed by atoms with van der Waals surface area (Å²) in [7, 11) is 0. The van der Waals surface area contributed by atoms with Crippen LogP contribution in [-0.4, -0.2) is 11.8 Å². The van der Waals surface area contributed by atoms with Crippen molar-refractivity contribution in [3.63, 3.8) is 0 Å². The maximum absolute atomic E-state index is 13.2. The van der Waals surface area contributed by atoms with Crippen LogP contribution in [0.4, 0.5) is 9.39 Å². The number of nitrogens with one attached hydrogen (secondary N) is 2. The number of aryl methyl sites for hydroxylation is 2. The summed E-state index contributed by atoms with van der Waals surface area (Å²) in [4.78, 5) is 26.1. The number of amides is 2. The molecule has 0 radical (unpaired) electrons. The molecule has 7 heteroatoms. The van der Waals surface area contributed by atoms with Gasteiger partial charge in [0.25, 0.3) is 11.8 Å². The molecule has 0 aliphatic heterocycles. The third kappa shape index (κ3) is 4.97. The molecule has 0 bridgehead atoms. The van der Waals surface area contributed by atoms with E-state index in [1.54, 1.807) is 6.07 Å². The molecular formula is C24H22ClFN2O2S. The van der Waals surface area contributed by atoms with Gasteiger partial charge in [-0.15, -0.1) is 11.3 Å². The summed E-state index contributed by atoms with van der Waals surface area (Å²) in [5, 5.41) is 6.51. The Morgan fingerprint density at radius 1 is 1.06 bits per heavy atom. The molecule has 1 aromatic heterocycles. The molecule has 1 saturated carbocycles. The summed E-state index contributed by atoms with van der Waals surface area (Å²) in [5.74, 6) is -0.660. The molecule has 1 atom stereocenters. The first-order valence-electron chi connectivity index (χ1n) is 10.1. The van der Waals surface area contributed by atoms with E-state index >= 15 is 0 Å². The number of carbonyl (C=O) groups is 2. The number of halogens is 2. The normalized spacial score (nSPS) is 14.2. The second-order valence-corrected chi connectivity index (χ2v) is 9.36. The highest BCUT2D eigenvalue weighted by Gasteiger charge is 2.34. The second kappa shape index (κ2) is 8.81. The quantitative estimate of drug-likeness (QED) is 0.458. The van der Waals surface area contributed by atoms with E-state index < -0.39 is 11.7 Å². The van der Waals surface area contributed by atoms with Crippen LogP contribution < -0.4 is 10.6 Å². The van der Waals surface area contributed by atoms with Crippen molar-refractivity contribution in [1.29, 1.82) is 0 Å². The van der Waals surface area contributed by atoms with Crippen LogP contribution in [0.5, 0.6) is 0 Å². The van der Waals surface area contributed by atoms with Crippen LogP contribution in [-0.2, 0) is 0 Å². The minimum atomic E-state index is -0.508. The van der Waals surface area contributed by atoms with Gasteiger partial charge in [-0.1, -0.05) is 41.4 Å². The van der Waals surface area contributed by atoms with Gasteiger partial charge in [0.1, 0.15) is 5.82 Å². The van der Waals surface area contributed by atoms with Crippen molar-refractivity contribution in [2.24, 2.45) is 5.92 Å². The summed E-state index contributed by atoms with van der Waals surface area (Å²) in [6.07, 6.45) is 2.20. The van der Waals surface area contributed by atoms with Gasteiger partial charge < -0.3 is 10.6 Å². The van der Waals surface area contributed by atoms with Crippen LogP contribution in [0.3, 0.4) is 0 Å². The zero-order valence-electron chi connectivity index (χ0n) is 17.2. The molecule has 2 aromatic carbocycles. The number of thiophene rings is 1. The van der Waals surface area contributed by atoms with Gasteiger partial charge in [-0.25, -0.2) is 4.39 Å². The van der Waals surface area contributed by atoms with Crippen LogP contribution >= 0.6 is 22.9 Å². The van der Waals surface area contributed by atoms with Crippen molar-refractivity contribution in [3.05, 3.63) is 86.5 Å². The first-order valence-corrected chi connectivity index (χ1v) is 11.3. The zero-order valence-corrected chi connectivity index (χ0v) is 18.7. The van der Waals surface area contributed by atoms with E-state index in [4.69, 9.17) is 11.6 Å². The molecule has 31 heavy (non-hydrogen) atoms. The third-order valence-electron chi connectivity index (χ3n) is 5.35. The molecular weight excluding hydrogens is 435 g/mol. The molecule has 4 nitrogen and oxygen atoms in total. The van der Waals surface area contributed by atoms with Gasteiger partial charge in [0.05, 0.1) is 26.5 Å². The van der Waals surface area contributed by atoms with Crippen molar-refractivity contribution in [2.45, 2.75) is 32.7 Å². The van der Waals surface area contributed by atoms with Gasteiger partial charge in [0.15, 0.2) is 0 Å². The molecule has 1 fully saturated rings. The average Bonchev–Trinajstić information content (AvgIpc) is 3.49. The molecule has 1 unspecified atom stereocenters. The Hall–Kier alpha value is -2.70. The standard InChI is InChI=1S/C24H22ClFN2O2S/c1-13-3-5-15(6-4-13)21(16-7-8-16)28-24(30)22-14(2)11-20(31-22)27-23(29)18-10-9-17(26)12-19(18)25/h3-6,9-12,16,21H,7-8H2,1-2H3,(H,27,29)(H,28,30). The first-order chi connectivity index (χ1) is 14.8. The van der Waals surface area contributed by atoms with Crippen LogP contribution in [0.1, 0.15) is 55.6 Å². The number of rotatable bonds is 6. The molecule has 3 aromatic rings. The van der Waals surface area contributed by atoms with Gasteiger partial charge in [-0.2, -0.15) is 0 Å². The summed E-state index contributed by atoms with van der Waals surface area (Å²) >= 11 is 7.19. The average molecular weight is 457 g/mol. The lowest BCUT2D eigenvalue weighted by atomic mass is 10.0. The summed E-state index contributed by atoms with van der Waals surface area (Å²) < 4.78 is 13.2. The van der Waals surface area contributed by atoms with Crippen molar-refractivity contribution >= 4 is 39.8 Å². The SMILES string of the molecule is Cc1ccc(C(NC(=O)c2sc(NC(=O)c3ccc(F)cc3Cl)cc2C)C2CC2)cc1. The predicted molar refractivity (Wildman–Crippen MR) is 123 cm³/mol. The minimum Gasteiger partial charge on any atom is -0.344 e. The van der Waals surface area contributed by atoms with E-state index in [1.165, 1.54) is 29.0 Å². The zero-order chi connectivity index (χ0) is 22.1. The molecule has 1 aliphatic rings. The van der Waals surface area contributed by atoms with Crippen LogP contribution in [0, 0.1) is 25.6 Å². The maximum Gasteiger partial charge on any atom is 0.262 e. The van der Waals surface area contributed by atoms with E-state index in [9.17, 15) is 14.0 Å². The topological polar surface area (TPSA) is 58.2 Å². The Morgan fingerprint density at radius 3 is 2.42 bits per heavy atom. The fraction of sp³-hybridized carbons (Fsp3) is 0.250.